The number of amides is 1. The Morgan fingerprint density at radius 1 is 1.23 bits per heavy atom. The topological polar surface area (TPSA) is 89.7 Å². The number of benzene rings is 1. The molecule has 0 spiro atoms. The first kappa shape index (κ1) is 14.7. The van der Waals surface area contributed by atoms with Crippen molar-refractivity contribution in [2.75, 3.05) is 0 Å². The average molecular weight is 321 g/mol. The van der Waals surface area contributed by atoms with E-state index in [1.807, 2.05) is 0 Å². The van der Waals surface area contributed by atoms with E-state index in [0.717, 1.165) is 0 Å². The van der Waals surface area contributed by atoms with Gasteiger partial charge in [-0.05, 0) is 25.0 Å². The fourth-order valence-corrected chi connectivity index (χ4v) is 2.93. The van der Waals surface area contributed by atoms with Crippen LogP contribution in [-0.4, -0.2) is 34.8 Å². The van der Waals surface area contributed by atoms with E-state index in [0.29, 0.717) is 12.8 Å². The number of carbonyl (C=O) groups excluding carboxylic acids is 3. The summed E-state index contributed by atoms with van der Waals surface area (Å²) in [6.45, 7) is 0. The van der Waals surface area contributed by atoms with Gasteiger partial charge < -0.3 is 10.5 Å². The number of ether oxygens (including phenoxy) is 1. The van der Waals surface area contributed by atoms with E-state index in [2.05, 4.69) is 0 Å². The molecule has 2 atom stereocenters. The van der Waals surface area contributed by atoms with Gasteiger partial charge in [0.2, 0.25) is 5.91 Å². The van der Waals surface area contributed by atoms with Crippen LogP contribution < -0.4 is 5.73 Å². The van der Waals surface area contributed by atoms with Crippen molar-refractivity contribution in [3.05, 3.63) is 46.6 Å². The summed E-state index contributed by atoms with van der Waals surface area (Å²) in [5, 5.41) is 0.211. The molecule has 2 aliphatic heterocycles. The first-order valence-electron chi connectivity index (χ1n) is 6.79. The van der Waals surface area contributed by atoms with Crippen molar-refractivity contribution in [1.29, 1.82) is 0 Å². The van der Waals surface area contributed by atoms with Crippen LogP contribution in [0.5, 0.6) is 0 Å². The second-order valence-corrected chi connectivity index (χ2v) is 5.59. The highest BCUT2D eigenvalue weighted by atomic mass is 35.5. The lowest BCUT2D eigenvalue weighted by molar-refractivity contribution is -0.152. The molecule has 1 saturated heterocycles. The van der Waals surface area contributed by atoms with Crippen LogP contribution in [-0.2, 0) is 14.3 Å². The van der Waals surface area contributed by atoms with Gasteiger partial charge in [-0.15, -0.1) is 0 Å². The van der Waals surface area contributed by atoms with E-state index in [1.54, 1.807) is 18.2 Å². The molecule has 7 heteroatoms. The van der Waals surface area contributed by atoms with E-state index >= 15 is 0 Å². The number of hydrogen-bond donors (Lipinski definition) is 1. The van der Waals surface area contributed by atoms with Gasteiger partial charge in [-0.25, -0.2) is 9.59 Å². The number of β-lactam (4-membered cyclic amide) rings is 1. The number of fused-ring (bicyclic) bond motifs is 1. The molecule has 2 N–H and O–H groups in total. The SMILES string of the molecule is N[C@@H]1C(=O)N2C(C(=O)OC(=O)c3ccccc3)=C(Cl)CC[C@H]12. The summed E-state index contributed by atoms with van der Waals surface area (Å²) >= 11 is 6.05. The predicted molar refractivity (Wildman–Crippen MR) is 77.6 cm³/mol. The smallest absolute Gasteiger partial charge is 0.364 e. The van der Waals surface area contributed by atoms with E-state index in [4.69, 9.17) is 22.1 Å². The molecule has 1 aromatic rings. The molecular weight excluding hydrogens is 308 g/mol. The molecule has 0 saturated carbocycles. The van der Waals surface area contributed by atoms with Gasteiger partial charge in [-0.2, -0.15) is 0 Å². The maximum absolute atomic E-state index is 12.2. The fraction of sp³-hybridized carbons (Fsp3) is 0.267. The summed E-state index contributed by atoms with van der Waals surface area (Å²) in [5.74, 6) is -2.10. The standard InChI is InChI=1S/C15H13ClN2O4/c16-9-6-7-10-11(17)13(19)18(10)12(9)15(21)22-14(20)8-4-2-1-3-5-8/h1-5,10-11H,6-7,17H2/t10-,11+/m1/s1. The van der Waals surface area contributed by atoms with Gasteiger partial charge >= 0.3 is 11.9 Å². The van der Waals surface area contributed by atoms with Crippen LogP contribution in [0, 0.1) is 0 Å². The number of nitrogens with zero attached hydrogens (tertiary/aromatic N) is 1. The number of carbonyl (C=O) groups is 3. The van der Waals surface area contributed by atoms with Crippen LogP contribution in [0.2, 0.25) is 0 Å². The van der Waals surface area contributed by atoms with Gasteiger partial charge in [-0.1, -0.05) is 29.8 Å². The van der Waals surface area contributed by atoms with E-state index in [9.17, 15) is 14.4 Å². The second-order valence-electron chi connectivity index (χ2n) is 5.14. The number of nitrogens with two attached hydrogens (primary N) is 1. The molecule has 0 unspecified atom stereocenters. The van der Waals surface area contributed by atoms with Crippen molar-refractivity contribution < 1.29 is 19.1 Å². The summed E-state index contributed by atoms with van der Waals surface area (Å²) in [6, 6.07) is 7.22. The molecule has 0 aliphatic carbocycles. The first-order valence-corrected chi connectivity index (χ1v) is 7.17. The van der Waals surface area contributed by atoms with Crippen molar-refractivity contribution in [2.45, 2.75) is 24.9 Å². The first-order chi connectivity index (χ1) is 10.5. The third kappa shape index (κ3) is 2.30. The highest BCUT2D eigenvalue weighted by Gasteiger charge is 2.51. The molecule has 2 heterocycles. The Morgan fingerprint density at radius 2 is 1.91 bits per heavy atom. The molecule has 2 aliphatic rings. The summed E-state index contributed by atoms with van der Waals surface area (Å²) < 4.78 is 4.83. The van der Waals surface area contributed by atoms with Crippen molar-refractivity contribution in [3.8, 4) is 0 Å². The minimum Gasteiger partial charge on any atom is -0.385 e. The lowest BCUT2D eigenvalue weighted by Crippen LogP contribution is -2.69. The van der Waals surface area contributed by atoms with E-state index < -0.39 is 18.0 Å². The highest BCUT2D eigenvalue weighted by molar-refractivity contribution is 6.32. The van der Waals surface area contributed by atoms with Crippen LogP contribution >= 0.6 is 11.6 Å². The largest absolute Gasteiger partial charge is 0.385 e. The van der Waals surface area contributed by atoms with Gasteiger partial charge in [0.05, 0.1) is 11.6 Å². The van der Waals surface area contributed by atoms with Crippen LogP contribution in [0.1, 0.15) is 23.2 Å². The predicted octanol–water partition coefficient (Wildman–Crippen LogP) is 1.15. The van der Waals surface area contributed by atoms with Gasteiger partial charge in [0.25, 0.3) is 0 Å². The van der Waals surface area contributed by atoms with Crippen molar-refractivity contribution in [1.82, 2.24) is 4.90 Å². The molecule has 22 heavy (non-hydrogen) atoms. The van der Waals surface area contributed by atoms with Gasteiger partial charge in [0, 0.05) is 5.03 Å². The molecule has 114 valence electrons. The quantitative estimate of drug-likeness (QED) is 0.501. The Bertz CT molecular complexity index is 686. The second kappa shape index (κ2) is 5.55. The molecule has 3 rings (SSSR count). The normalized spacial score (nSPS) is 23.7. The molecule has 0 bridgehead atoms. The summed E-state index contributed by atoms with van der Waals surface area (Å²) in [5.41, 5.74) is 5.87. The maximum Gasteiger partial charge on any atom is 0.364 e. The van der Waals surface area contributed by atoms with Crippen molar-refractivity contribution in [3.63, 3.8) is 0 Å². The highest BCUT2D eigenvalue weighted by Crippen LogP contribution is 2.37. The molecule has 1 fully saturated rings. The number of rotatable bonds is 2. The Kier molecular flexibility index (Phi) is 3.72. The zero-order valence-corrected chi connectivity index (χ0v) is 12.2. The summed E-state index contributed by atoms with van der Waals surface area (Å²) in [6.07, 6.45) is 1.02. The van der Waals surface area contributed by atoms with E-state index in [1.165, 1.54) is 17.0 Å². The Morgan fingerprint density at radius 3 is 2.59 bits per heavy atom. The van der Waals surface area contributed by atoms with Gasteiger partial charge in [0.1, 0.15) is 11.7 Å². The molecule has 0 radical (unpaired) electrons. The Labute approximate surface area is 131 Å². The minimum absolute atomic E-state index is 0.0751. The average Bonchev–Trinajstić information content (AvgIpc) is 2.54. The molecule has 1 aromatic carbocycles. The lowest BCUT2D eigenvalue weighted by Gasteiger charge is -2.48. The summed E-state index contributed by atoms with van der Waals surface area (Å²) in [4.78, 5) is 37.2. The van der Waals surface area contributed by atoms with Crippen LogP contribution in [0.15, 0.2) is 41.1 Å². The van der Waals surface area contributed by atoms with Crippen LogP contribution in [0.25, 0.3) is 0 Å². The Balaban J connectivity index is 1.79. The van der Waals surface area contributed by atoms with Crippen LogP contribution in [0.3, 0.4) is 0 Å². The van der Waals surface area contributed by atoms with Crippen molar-refractivity contribution >= 4 is 29.4 Å². The zero-order chi connectivity index (χ0) is 15.9. The number of hydrogen-bond acceptors (Lipinski definition) is 5. The zero-order valence-electron chi connectivity index (χ0n) is 11.5. The monoisotopic (exact) mass is 320 g/mol. The summed E-state index contributed by atoms with van der Waals surface area (Å²) in [7, 11) is 0. The Hall–Kier alpha value is -2.18. The van der Waals surface area contributed by atoms with Gasteiger partial charge in [0.15, 0.2) is 0 Å². The number of halogens is 1. The number of esters is 2. The van der Waals surface area contributed by atoms with Gasteiger partial charge in [-0.3, -0.25) is 9.69 Å². The lowest BCUT2D eigenvalue weighted by atomic mass is 9.87. The van der Waals surface area contributed by atoms with Crippen LogP contribution in [0.4, 0.5) is 0 Å². The third-order valence-corrected chi connectivity index (χ3v) is 4.18. The molecule has 0 aromatic heterocycles. The molecule has 6 nitrogen and oxygen atoms in total. The third-order valence-electron chi connectivity index (χ3n) is 3.81. The van der Waals surface area contributed by atoms with E-state index in [-0.39, 0.29) is 28.2 Å². The molecule has 1 amide bonds. The fourth-order valence-electron chi connectivity index (χ4n) is 2.65. The number of allylic oxidation sites excluding steroid dienone is 1. The maximum atomic E-state index is 12.2. The molecular formula is C15H13ClN2O4. The van der Waals surface area contributed by atoms with Crippen molar-refractivity contribution in [2.24, 2.45) is 5.73 Å². The minimum atomic E-state index is -0.927.